The SMILES string of the molecule is CC(CCc1ccc(O)cc1)NCC(C)C1CC1. The van der Waals surface area contributed by atoms with Gasteiger partial charge in [-0.2, -0.15) is 0 Å². The van der Waals surface area contributed by atoms with Gasteiger partial charge in [-0.05, 0) is 68.7 Å². The number of phenolic OH excluding ortho intramolecular Hbond substituents is 1. The normalized spacial score (nSPS) is 18.6. The van der Waals surface area contributed by atoms with Gasteiger partial charge in [-0.3, -0.25) is 0 Å². The maximum absolute atomic E-state index is 9.22. The molecule has 0 heterocycles. The largest absolute Gasteiger partial charge is 0.508 e. The Kier molecular flexibility index (Phi) is 4.65. The summed E-state index contributed by atoms with van der Waals surface area (Å²) in [5, 5.41) is 12.9. The molecule has 2 heteroatoms. The Morgan fingerprint density at radius 3 is 2.50 bits per heavy atom. The number of nitrogens with one attached hydrogen (secondary N) is 1. The van der Waals surface area contributed by atoms with Crippen LogP contribution in [-0.4, -0.2) is 17.7 Å². The van der Waals surface area contributed by atoms with Gasteiger partial charge in [-0.1, -0.05) is 19.1 Å². The third-order valence-corrected chi connectivity index (χ3v) is 4.02. The predicted octanol–water partition coefficient (Wildman–Crippen LogP) is 3.35. The Balaban J connectivity index is 1.64. The number of hydrogen-bond acceptors (Lipinski definition) is 2. The van der Waals surface area contributed by atoms with Gasteiger partial charge in [-0.15, -0.1) is 0 Å². The lowest BCUT2D eigenvalue weighted by Crippen LogP contribution is -2.31. The van der Waals surface area contributed by atoms with Crippen LogP contribution in [0.5, 0.6) is 5.75 Å². The molecule has 2 nitrogen and oxygen atoms in total. The van der Waals surface area contributed by atoms with Gasteiger partial charge in [0.25, 0.3) is 0 Å². The highest BCUT2D eigenvalue weighted by Crippen LogP contribution is 2.36. The third kappa shape index (κ3) is 4.34. The first-order valence-electron chi connectivity index (χ1n) is 7.16. The maximum atomic E-state index is 9.22. The van der Waals surface area contributed by atoms with Gasteiger partial charge < -0.3 is 10.4 Å². The molecule has 1 aromatic carbocycles. The van der Waals surface area contributed by atoms with Gasteiger partial charge in [0.15, 0.2) is 0 Å². The molecule has 0 amide bonds. The second kappa shape index (κ2) is 6.24. The van der Waals surface area contributed by atoms with E-state index >= 15 is 0 Å². The highest BCUT2D eigenvalue weighted by Gasteiger charge is 2.27. The Bertz CT molecular complexity index is 356. The Hall–Kier alpha value is -1.02. The van der Waals surface area contributed by atoms with Crippen LogP contribution in [0.2, 0.25) is 0 Å². The smallest absolute Gasteiger partial charge is 0.115 e. The van der Waals surface area contributed by atoms with Crippen molar-refractivity contribution in [1.29, 1.82) is 0 Å². The fraction of sp³-hybridized carbons (Fsp3) is 0.625. The summed E-state index contributed by atoms with van der Waals surface area (Å²) in [5.41, 5.74) is 1.30. The molecule has 2 unspecified atom stereocenters. The molecule has 1 saturated carbocycles. The molecule has 1 fully saturated rings. The Morgan fingerprint density at radius 1 is 1.22 bits per heavy atom. The van der Waals surface area contributed by atoms with Gasteiger partial charge in [0.2, 0.25) is 0 Å². The van der Waals surface area contributed by atoms with Gasteiger partial charge in [0.1, 0.15) is 5.75 Å². The summed E-state index contributed by atoms with van der Waals surface area (Å²) in [6.45, 7) is 5.78. The van der Waals surface area contributed by atoms with Crippen molar-refractivity contribution in [2.75, 3.05) is 6.54 Å². The summed E-state index contributed by atoms with van der Waals surface area (Å²) in [4.78, 5) is 0. The molecular weight excluding hydrogens is 222 g/mol. The highest BCUT2D eigenvalue weighted by atomic mass is 16.3. The standard InChI is InChI=1S/C16H25NO/c1-12(15-7-8-15)11-17-13(2)3-4-14-5-9-16(18)10-6-14/h5-6,9-10,12-13,15,17-18H,3-4,7-8,11H2,1-2H3. The molecule has 2 N–H and O–H groups in total. The molecule has 100 valence electrons. The lowest BCUT2D eigenvalue weighted by atomic mass is 10.0. The quantitative estimate of drug-likeness (QED) is 0.774. The first kappa shape index (κ1) is 13.4. The van der Waals surface area contributed by atoms with Crippen molar-refractivity contribution in [1.82, 2.24) is 5.32 Å². The molecule has 2 atom stereocenters. The fourth-order valence-corrected chi connectivity index (χ4v) is 2.37. The van der Waals surface area contributed by atoms with Crippen molar-refractivity contribution in [3.8, 4) is 5.75 Å². The molecule has 2 rings (SSSR count). The lowest BCUT2D eigenvalue weighted by molar-refractivity contribution is 0.415. The summed E-state index contributed by atoms with van der Waals surface area (Å²) in [5.74, 6) is 2.17. The van der Waals surface area contributed by atoms with Crippen LogP contribution in [-0.2, 0) is 6.42 Å². The van der Waals surface area contributed by atoms with Crippen LogP contribution >= 0.6 is 0 Å². The molecule has 0 aromatic heterocycles. The number of benzene rings is 1. The van der Waals surface area contributed by atoms with Gasteiger partial charge >= 0.3 is 0 Å². The Labute approximate surface area is 110 Å². The second-order valence-corrected chi connectivity index (χ2v) is 5.83. The van der Waals surface area contributed by atoms with Crippen molar-refractivity contribution in [3.05, 3.63) is 29.8 Å². The predicted molar refractivity (Wildman–Crippen MR) is 75.8 cm³/mol. The highest BCUT2D eigenvalue weighted by molar-refractivity contribution is 5.25. The molecule has 0 aliphatic heterocycles. The number of aryl methyl sites for hydroxylation is 1. The van der Waals surface area contributed by atoms with Crippen molar-refractivity contribution in [3.63, 3.8) is 0 Å². The second-order valence-electron chi connectivity index (χ2n) is 5.83. The van der Waals surface area contributed by atoms with Crippen LogP contribution in [0.3, 0.4) is 0 Å². The minimum Gasteiger partial charge on any atom is -0.508 e. The van der Waals surface area contributed by atoms with E-state index < -0.39 is 0 Å². The van der Waals surface area contributed by atoms with E-state index in [1.165, 1.54) is 18.4 Å². The molecule has 1 aromatic rings. The van der Waals surface area contributed by atoms with Gasteiger partial charge in [0, 0.05) is 6.04 Å². The third-order valence-electron chi connectivity index (χ3n) is 4.02. The lowest BCUT2D eigenvalue weighted by Gasteiger charge is -2.17. The van der Waals surface area contributed by atoms with Gasteiger partial charge in [-0.25, -0.2) is 0 Å². The first-order valence-corrected chi connectivity index (χ1v) is 7.16. The number of rotatable bonds is 7. The maximum Gasteiger partial charge on any atom is 0.115 e. The molecule has 18 heavy (non-hydrogen) atoms. The summed E-state index contributed by atoms with van der Waals surface area (Å²) in [6, 6.07) is 8.12. The summed E-state index contributed by atoms with van der Waals surface area (Å²) in [6.07, 6.45) is 5.10. The molecule has 0 saturated heterocycles. The summed E-state index contributed by atoms with van der Waals surface area (Å²) >= 11 is 0. The average Bonchev–Trinajstić information content (AvgIpc) is 3.19. The number of phenols is 1. The average molecular weight is 247 g/mol. The van der Waals surface area contributed by atoms with Crippen LogP contribution in [0, 0.1) is 11.8 Å². The monoisotopic (exact) mass is 247 g/mol. The van der Waals surface area contributed by atoms with Crippen LogP contribution in [0.25, 0.3) is 0 Å². The van der Waals surface area contributed by atoms with E-state index in [0.29, 0.717) is 11.8 Å². The Morgan fingerprint density at radius 2 is 1.89 bits per heavy atom. The van der Waals surface area contributed by atoms with Crippen LogP contribution < -0.4 is 5.32 Å². The minimum atomic E-state index is 0.350. The molecule has 1 aliphatic carbocycles. The van der Waals surface area contributed by atoms with Crippen molar-refractivity contribution in [2.45, 2.75) is 45.6 Å². The molecule has 1 aliphatic rings. The van der Waals surface area contributed by atoms with Crippen LogP contribution in [0.1, 0.15) is 38.7 Å². The van der Waals surface area contributed by atoms with Gasteiger partial charge in [0.05, 0.1) is 0 Å². The number of aromatic hydroxyl groups is 1. The first-order chi connectivity index (χ1) is 8.65. The van der Waals surface area contributed by atoms with E-state index in [2.05, 4.69) is 19.2 Å². The number of hydrogen-bond donors (Lipinski definition) is 2. The van der Waals surface area contributed by atoms with Crippen molar-refractivity contribution < 1.29 is 5.11 Å². The molecular formula is C16H25NO. The molecule has 0 bridgehead atoms. The van der Waals surface area contributed by atoms with E-state index in [0.717, 1.165) is 31.2 Å². The zero-order valence-electron chi connectivity index (χ0n) is 11.5. The van der Waals surface area contributed by atoms with E-state index in [9.17, 15) is 5.11 Å². The zero-order chi connectivity index (χ0) is 13.0. The van der Waals surface area contributed by atoms with Crippen LogP contribution in [0.4, 0.5) is 0 Å². The van der Waals surface area contributed by atoms with Crippen molar-refractivity contribution >= 4 is 0 Å². The topological polar surface area (TPSA) is 32.3 Å². The van der Waals surface area contributed by atoms with Crippen LogP contribution in [0.15, 0.2) is 24.3 Å². The molecule has 0 radical (unpaired) electrons. The summed E-state index contributed by atoms with van der Waals surface area (Å²) in [7, 11) is 0. The minimum absolute atomic E-state index is 0.350. The van der Waals surface area contributed by atoms with Crippen molar-refractivity contribution in [2.24, 2.45) is 11.8 Å². The van der Waals surface area contributed by atoms with E-state index in [1.807, 2.05) is 12.1 Å². The fourth-order valence-electron chi connectivity index (χ4n) is 2.37. The van der Waals surface area contributed by atoms with E-state index in [1.54, 1.807) is 12.1 Å². The summed E-state index contributed by atoms with van der Waals surface area (Å²) < 4.78 is 0. The molecule has 0 spiro atoms. The van der Waals surface area contributed by atoms with E-state index in [4.69, 9.17) is 0 Å². The van der Waals surface area contributed by atoms with E-state index in [-0.39, 0.29) is 0 Å². The zero-order valence-corrected chi connectivity index (χ0v) is 11.5.